The fraction of sp³-hybridized carbons (Fsp3) is 0.600. The van der Waals surface area contributed by atoms with Crippen LogP contribution in [0.5, 0.6) is 0 Å². The van der Waals surface area contributed by atoms with E-state index in [9.17, 15) is 13.9 Å². The van der Waals surface area contributed by atoms with Gasteiger partial charge in [-0.15, -0.1) is 0 Å². The molecule has 1 saturated carbocycles. The molecule has 20 heavy (non-hydrogen) atoms. The summed E-state index contributed by atoms with van der Waals surface area (Å²) >= 11 is 1.86. The van der Waals surface area contributed by atoms with Gasteiger partial charge >= 0.3 is 0 Å². The molecule has 1 N–H and O–H groups in total. The maximum Gasteiger partial charge on any atom is 0.159 e. The van der Waals surface area contributed by atoms with Crippen molar-refractivity contribution in [2.45, 2.75) is 36.7 Å². The Balaban J connectivity index is 1.99. The van der Waals surface area contributed by atoms with Gasteiger partial charge < -0.3 is 5.11 Å². The molecule has 5 heteroatoms. The molecule has 1 aromatic carbocycles. The number of thioether (sulfide) groups is 1. The fourth-order valence-corrected chi connectivity index (χ4v) is 3.98. The maximum absolute atomic E-state index is 13.2. The molecule has 0 heterocycles. The smallest absolute Gasteiger partial charge is 0.159 e. The molecular formula is C15H21F2NOS. The summed E-state index contributed by atoms with van der Waals surface area (Å²) in [6, 6.07) is 4.03. The van der Waals surface area contributed by atoms with E-state index >= 15 is 0 Å². The summed E-state index contributed by atoms with van der Waals surface area (Å²) in [6.07, 6.45) is 4.87. The molecule has 3 atom stereocenters. The van der Waals surface area contributed by atoms with Crippen molar-refractivity contribution in [1.82, 2.24) is 4.90 Å². The summed E-state index contributed by atoms with van der Waals surface area (Å²) in [5.74, 6) is -1.79. The Morgan fingerprint density at radius 1 is 1.35 bits per heavy atom. The van der Waals surface area contributed by atoms with E-state index in [1.165, 1.54) is 18.9 Å². The quantitative estimate of drug-likeness (QED) is 0.903. The number of rotatable bonds is 5. The van der Waals surface area contributed by atoms with Crippen LogP contribution in [-0.4, -0.2) is 41.1 Å². The monoisotopic (exact) mass is 301 g/mol. The second-order valence-corrected chi connectivity index (χ2v) is 6.48. The average Bonchev–Trinajstić information content (AvgIpc) is 2.90. The summed E-state index contributed by atoms with van der Waals surface area (Å²) < 4.78 is 26.1. The van der Waals surface area contributed by atoms with E-state index in [0.29, 0.717) is 23.4 Å². The van der Waals surface area contributed by atoms with Crippen LogP contribution in [0.2, 0.25) is 0 Å². The van der Waals surface area contributed by atoms with E-state index in [1.54, 1.807) is 0 Å². The Labute approximate surface area is 123 Å². The van der Waals surface area contributed by atoms with Crippen LogP contribution in [0.15, 0.2) is 18.2 Å². The minimum atomic E-state index is -0.910. The molecule has 0 spiro atoms. The van der Waals surface area contributed by atoms with E-state index in [4.69, 9.17) is 0 Å². The first kappa shape index (κ1) is 15.7. The van der Waals surface area contributed by atoms with Crippen molar-refractivity contribution < 1.29 is 13.9 Å². The van der Waals surface area contributed by atoms with E-state index in [-0.39, 0.29) is 0 Å². The van der Waals surface area contributed by atoms with Gasteiger partial charge in [-0.3, -0.25) is 4.90 Å². The Morgan fingerprint density at radius 3 is 2.75 bits per heavy atom. The third kappa shape index (κ3) is 3.51. The van der Waals surface area contributed by atoms with Gasteiger partial charge in [-0.2, -0.15) is 11.8 Å². The predicted molar refractivity (Wildman–Crippen MR) is 78.9 cm³/mol. The molecule has 2 rings (SSSR count). The molecule has 0 aromatic heterocycles. The van der Waals surface area contributed by atoms with Crippen LogP contribution < -0.4 is 0 Å². The molecule has 1 fully saturated rings. The second kappa shape index (κ2) is 6.87. The molecular weight excluding hydrogens is 280 g/mol. The number of benzene rings is 1. The van der Waals surface area contributed by atoms with Crippen LogP contribution >= 0.6 is 11.8 Å². The normalized spacial score (nSPS) is 24.3. The fourth-order valence-electron chi connectivity index (χ4n) is 2.92. The van der Waals surface area contributed by atoms with Crippen molar-refractivity contribution in [2.75, 3.05) is 19.8 Å². The topological polar surface area (TPSA) is 23.5 Å². The number of aliphatic hydroxyl groups excluding tert-OH is 1. The first-order chi connectivity index (χ1) is 9.52. The highest BCUT2D eigenvalue weighted by molar-refractivity contribution is 7.99. The Hall–Kier alpha value is -0.650. The largest absolute Gasteiger partial charge is 0.387 e. The van der Waals surface area contributed by atoms with Gasteiger partial charge in [0.2, 0.25) is 0 Å². The number of hydrogen-bond donors (Lipinski definition) is 1. The molecule has 0 bridgehead atoms. The van der Waals surface area contributed by atoms with Crippen LogP contribution in [0.1, 0.15) is 30.9 Å². The van der Waals surface area contributed by atoms with Gasteiger partial charge in [0.25, 0.3) is 0 Å². The molecule has 0 radical (unpaired) electrons. The molecule has 0 aliphatic heterocycles. The lowest BCUT2D eigenvalue weighted by Gasteiger charge is -2.30. The van der Waals surface area contributed by atoms with Gasteiger partial charge in [-0.05, 0) is 43.8 Å². The Bertz CT molecular complexity index is 457. The van der Waals surface area contributed by atoms with E-state index in [1.807, 2.05) is 18.8 Å². The van der Waals surface area contributed by atoms with Gasteiger partial charge in [-0.25, -0.2) is 8.78 Å². The second-order valence-electron chi connectivity index (χ2n) is 5.40. The lowest BCUT2D eigenvalue weighted by atomic mass is 10.1. The number of aliphatic hydroxyl groups is 1. The molecule has 0 amide bonds. The van der Waals surface area contributed by atoms with Gasteiger partial charge in [0.05, 0.1) is 6.10 Å². The van der Waals surface area contributed by atoms with Crippen molar-refractivity contribution in [3.05, 3.63) is 35.4 Å². The molecule has 1 aliphatic rings. The average molecular weight is 301 g/mol. The minimum absolute atomic E-state index is 0.425. The summed E-state index contributed by atoms with van der Waals surface area (Å²) in [5.41, 5.74) is 0.425. The van der Waals surface area contributed by atoms with Crippen molar-refractivity contribution in [2.24, 2.45) is 0 Å². The zero-order valence-electron chi connectivity index (χ0n) is 11.9. The van der Waals surface area contributed by atoms with E-state index < -0.39 is 17.7 Å². The van der Waals surface area contributed by atoms with Crippen molar-refractivity contribution in [1.29, 1.82) is 0 Å². The Kier molecular flexibility index (Phi) is 5.41. The molecule has 1 aliphatic carbocycles. The summed E-state index contributed by atoms with van der Waals surface area (Å²) in [7, 11) is 1.99. The minimum Gasteiger partial charge on any atom is -0.387 e. The number of hydrogen-bond acceptors (Lipinski definition) is 3. The number of nitrogens with zero attached hydrogens (tertiary/aromatic N) is 1. The highest BCUT2D eigenvalue weighted by Crippen LogP contribution is 2.32. The number of likely N-dealkylation sites (N-methyl/N-ethyl adjacent to an activating group) is 1. The third-order valence-corrected chi connectivity index (χ3v) is 5.23. The molecule has 112 valence electrons. The van der Waals surface area contributed by atoms with Crippen molar-refractivity contribution in [3.63, 3.8) is 0 Å². The summed E-state index contributed by atoms with van der Waals surface area (Å²) in [6.45, 7) is 0.437. The van der Waals surface area contributed by atoms with E-state index in [2.05, 4.69) is 11.2 Å². The van der Waals surface area contributed by atoms with Gasteiger partial charge in [0, 0.05) is 17.8 Å². The highest BCUT2D eigenvalue weighted by Gasteiger charge is 2.30. The molecule has 2 nitrogen and oxygen atoms in total. The summed E-state index contributed by atoms with van der Waals surface area (Å²) in [4.78, 5) is 2.14. The lowest BCUT2D eigenvalue weighted by Crippen LogP contribution is -2.38. The number of halogens is 2. The molecule has 3 unspecified atom stereocenters. The predicted octanol–water partition coefficient (Wildman–Crippen LogP) is 3.21. The van der Waals surface area contributed by atoms with Gasteiger partial charge in [-0.1, -0.05) is 12.5 Å². The van der Waals surface area contributed by atoms with Crippen LogP contribution in [0.25, 0.3) is 0 Å². The summed E-state index contributed by atoms with van der Waals surface area (Å²) in [5, 5.41) is 10.8. The zero-order chi connectivity index (χ0) is 14.7. The van der Waals surface area contributed by atoms with Gasteiger partial charge in [0.1, 0.15) is 0 Å². The Morgan fingerprint density at radius 2 is 2.10 bits per heavy atom. The first-order valence-electron chi connectivity index (χ1n) is 6.89. The maximum atomic E-state index is 13.2. The highest BCUT2D eigenvalue weighted by atomic mass is 32.2. The van der Waals surface area contributed by atoms with Crippen LogP contribution in [0, 0.1) is 11.6 Å². The van der Waals surface area contributed by atoms with Crippen molar-refractivity contribution >= 4 is 11.8 Å². The zero-order valence-corrected chi connectivity index (χ0v) is 12.7. The van der Waals surface area contributed by atoms with E-state index in [0.717, 1.165) is 18.6 Å². The lowest BCUT2D eigenvalue weighted by molar-refractivity contribution is 0.106. The van der Waals surface area contributed by atoms with Crippen LogP contribution in [0.3, 0.4) is 0 Å². The first-order valence-corrected chi connectivity index (χ1v) is 8.17. The van der Waals surface area contributed by atoms with Crippen LogP contribution in [-0.2, 0) is 0 Å². The van der Waals surface area contributed by atoms with Crippen molar-refractivity contribution in [3.8, 4) is 0 Å². The molecule has 1 aromatic rings. The standard InChI is InChI=1S/C15H21F2NOS/c1-18(13-4-3-5-15(13)20-2)9-14(19)10-6-7-11(16)12(17)8-10/h6-8,13-15,19H,3-5,9H2,1-2H3. The third-order valence-electron chi connectivity index (χ3n) is 4.08. The SMILES string of the molecule is CSC1CCCC1N(C)CC(O)c1ccc(F)c(F)c1. The molecule has 0 saturated heterocycles. The van der Waals surface area contributed by atoms with Gasteiger partial charge in [0.15, 0.2) is 11.6 Å². The van der Waals surface area contributed by atoms with Crippen LogP contribution in [0.4, 0.5) is 8.78 Å².